The monoisotopic (exact) mass is 333 g/mol. The second-order valence-corrected chi connectivity index (χ2v) is 6.93. The molecule has 2 aromatic carbocycles. The Morgan fingerprint density at radius 2 is 1.89 bits per heavy atom. The van der Waals surface area contributed by atoms with Crippen LogP contribution in [0.1, 0.15) is 17.0 Å². The van der Waals surface area contributed by atoms with Gasteiger partial charge in [0.15, 0.2) is 0 Å². The van der Waals surface area contributed by atoms with E-state index in [-0.39, 0.29) is 6.04 Å². The van der Waals surface area contributed by atoms with E-state index < -0.39 is 0 Å². The maximum absolute atomic E-state index is 6.44. The summed E-state index contributed by atoms with van der Waals surface area (Å²) < 4.78 is 1.12. The molecular weight excluding hydrogens is 318 g/mol. The van der Waals surface area contributed by atoms with E-state index in [0.29, 0.717) is 5.92 Å². The number of hydrogen-bond acceptors (Lipinski definition) is 2. The van der Waals surface area contributed by atoms with Crippen LogP contribution in [0.4, 0.5) is 0 Å². The van der Waals surface area contributed by atoms with Gasteiger partial charge in [-0.25, -0.2) is 0 Å². The van der Waals surface area contributed by atoms with Gasteiger partial charge in [0.1, 0.15) is 0 Å². The lowest BCUT2D eigenvalue weighted by atomic mass is 9.90. The minimum atomic E-state index is 0.192. The Kier molecular flexibility index (Phi) is 3.96. The lowest BCUT2D eigenvalue weighted by molar-refractivity contribution is 0.572. The van der Waals surface area contributed by atoms with Gasteiger partial charge in [0, 0.05) is 27.1 Å². The topological polar surface area (TPSA) is 26.0 Å². The van der Waals surface area contributed by atoms with Gasteiger partial charge >= 0.3 is 0 Å². The predicted octanol–water partition coefficient (Wildman–Crippen LogP) is 4.21. The average molecular weight is 334 g/mol. The summed E-state index contributed by atoms with van der Waals surface area (Å²) in [6.07, 6.45) is 0.937. The molecule has 0 radical (unpaired) electrons. The maximum Gasteiger partial charge on any atom is 0.0175 e. The molecule has 1 aliphatic rings. The highest BCUT2D eigenvalue weighted by Crippen LogP contribution is 2.41. The molecule has 0 amide bonds. The fraction of sp³-hybridized carbons (Fsp3) is 0.250. The van der Waals surface area contributed by atoms with Gasteiger partial charge in [0.05, 0.1) is 0 Å². The van der Waals surface area contributed by atoms with Crippen LogP contribution in [0.5, 0.6) is 0 Å². The van der Waals surface area contributed by atoms with Gasteiger partial charge in [0.2, 0.25) is 0 Å². The molecule has 2 aromatic rings. The zero-order valence-corrected chi connectivity index (χ0v) is 13.0. The summed E-state index contributed by atoms with van der Waals surface area (Å²) in [5, 5.41) is 0. The Balaban J connectivity index is 1.75. The first-order chi connectivity index (χ1) is 9.24. The summed E-state index contributed by atoms with van der Waals surface area (Å²) in [4.78, 5) is 1.40. The van der Waals surface area contributed by atoms with Crippen LogP contribution >= 0.6 is 27.7 Å². The van der Waals surface area contributed by atoms with Crippen LogP contribution < -0.4 is 5.73 Å². The van der Waals surface area contributed by atoms with Crippen LogP contribution in [0.25, 0.3) is 0 Å². The highest BCUT2D eigenvalue weighted by atomic mass is 79.9. The molecule has 0 saturated heterocycles. The number of fused-ring (bicyclic) bond motifs is 1. The van der Waals surface area contributed by atoms with Gasteiger partial charge in [-0.05, 0) is 35.7 Å². The first-order valence-electron chi connectivity index (χ1n) is 6.46. The third-order valence-corrected chi connectivity index (χ3v) is 5.38. The molecule has 3 rings (SSSR count). The summed E-state index contributed by atoms with van der Waals surface area (Å²) in [5.41, 5.74) is 9.18. The number of hydrogen-bond donors (Lipinski definition) is 1. The minimum Gasteiger partial charge on any atom is -0.327 e. The third-order valence-electron chi connectivity index (χ3n) is 3.64. The van der Waals surface area contributed by atoms with Gasteiger partial charge in [-0.1, -0.05) is 46.3 Å². The van der Waals surface area contributed by atoms with Crippen LogP contribution in [0, 0.1) is 0 Å². The molecule has 19 heavy (non-hydrogen) atoms. The predicted molar refractivity (Wildman–Crippen MR) is 85.7 cm³/mol. The Hall–Kier alpha value is -0.770. The second kappa shape index (κ2) is 5.70. The van der Waals surface area contributed by atoms with Crippen LogP contribution in [-0.4, -0.2) is 11.8 Å². The number of benzene rings is 2. The zero-order valence-electron chi connectivity index (χ0n) is 10.6. The normalized spacial score (nSPS) is 19.2. The third kappa shape index (κ3) is 2.88. The standard InChI is InChI=1S/C16H16BrNS/c17-12-7-5-11(6-8-12)9-15(18)14-10-19-16-4-2-1-3-13(14)16/h1-8,14-15H,9-10,18H2. The van der Waals surface area contributed by atoms with Crippen molar-refractivity contribution in [2.45, 2.75) is 23.3 Å². The Labute approximate surface area is 126 Å². The van der Waals surface area contributed by atoms with Crippen molar-refractivity contribution in [3.8, 4) is 0 Å². The van der Waals surface area contributed by atoms with E-state index in [1.165, 1.54) is 16.0 Å². The number of thioether (sulfide) groups is 1. The maximum atomic E-state index is 6.44. The van der Waals surface area contributed by atoms with Crippen molar-refractivity contribution in [2.75, 3.05) is 5.75 Å². The summed E-state index contributed by atoms with van der Waals surface area (Å²) in [7, 11) is 0. The molecule has 2 N–H and O–H groups in total. The molecule has 1 aliphatic heterocycles. The fourth-order valence-corrected chi connectivity index (χ4v) is 4.19. The molecule has 3 heteroatoms. The molecule has 0 aliphatic carbocycles. The Bertz CT molecular complexity index is 567. The van der Waals surface area contributed by atoms with Crippen molar-refractivity contribution in [2.24, 2.45) is 5.73 Å². The minimum absolute atomic E-state index is 0.192. The van der Waals surface area contributed by atoms with E-state index in [1.54, 1.807) is 0 Å². The van der Waals surface area contributed by atoms with E-state index in [9.17, 15) is 0 Å². The Morgan fingerprint density at radius 3 is 2.68 bits per heavy atom. The number of halogens is 1. The fourth-order valence-electron chi connectivity index (χ4n) is 2.58. The summed E-state index contributed by atoms with van der Waals surface area (Å²) >= 11 is 5.39. The van der Waals surface area contributed by atoms with Gasteiger partial charge in [0.25, 0.3) is 0 Å². The lowest BCUT2D eigenvalue weighted by Crippen LogP contribution is -2.30. The molecule has 0 spiro atoms. The molecule has 0 fully saturated rings. The molecule has 2 atom stereocenters. The molecule has 0 saturated carbocycles. The van der Waals surface area contributed by atoms with Gasteiger partial charge in [-0.3, -0.25) is 0 Å². The first-order valence-corrected chi connectivity index (χ1v) is 8.23. The van der Waals surface area contributed by atoms with Crippen molar-refractivity contribution in [1.82, 2.24) is 0 Å². The first kappa shape index (κ1) is 13.2. The van der Waals surface area contributed by atoms with Crippen molar-refractivity contribution < 1.29 is 0 Å². The van der Waals surface area contributed by atoms with Gasteiger partial charge in [-0.2, -0.15) is 0 Å². The summed E-state index contributed by atoms with van der Waals surface area (Å²) in [6, 6.07) is 17.3. The molecule has 1 heterocycles. The van der Waals surface area contributed by atoms with Crippen molar-refractivity contribution >= 4 is 27.7 Å². The lowest BCUT2D eigenvalue weighted by Gasteiger charge is -2.19. The van der Waals surface area contributed by atoms with E-state index >= 15 is 0 Å². The average Bonchev–Trinajstić information content (AvgIpc) is 2.85. The quantitative estimate of drug-likeness (QED) is 0.910. The van der Waals surface area contributed by atoms with Crippen LogP contribution in [0.15, 0.2) is 57.9 Å². The number of nitrogens with two attached hydrogens (primary N) is 1. The van der Waals surface area contributed by atoms with E-state index in [2.05, 4.69) is 64.5 Å². The SMILES string of the molecule is NC(Cc1ccc(Br)cc1)C1CSc2ccccc21. The van der Waals surface area contributed by atoms with Gasteiger partial charge < -0.3 is 5.73 Å². The van der Waals surface area contributed by atoms with Crippen LogP contribution in [0.3, 0.4) is 0 Å². The molecule has 2 unspecified atom stereocenters. The molecule has 0 aromatic heterocycles. The largest absolute Gasteiger partial charge is 0.327 e. The second-order valence-electron chi connectivity index (χ2n) is 4.95. The van der Waals surface area contributed by atoms with Crippen LogP contribution in [-0.2, 0) is 6.42 Å². The smallest absolute Gasteiger partial charge is 0.0175 e. The van der Waals surface area contributed by atoms with Crippen LogP contribution in [0.2, 0.25) is 0 Å². The molecule has 98 valence electrons. The molecule has 1 nitrogen and oxygen atoms in total. The van der Waals surface area contributed by atoms with E-state index in [0.717, 1.165) is 16.6 Å². The highest BCUT2D eigenvalue weighted by Gasteiger charge is 2.27. The van der Waals surface area contributed by atoms with E-state index in [1.807, 2.05) is 11.8 Å². The van der Waals surface area contributed by atoms with E-state index in [4.69, 9.17) is 5.73 Å². The molecule has 0 bridgehead atoms. The summed E-state index contributed by atoms with van der Waals surface area (Å²) in [6.45, 7) is 0. The molecular formula is C16H16BrNS. The van der Waals surface area contributed by atoms with Crippen molar-refractivity contribution in [3.63, 3.8) is 0 Å². The number of rotatable bonds is 3. The van der Waals surface area contributed by atoms with Crippen molar-refractivity contribution in [3.05, 3.63) is 64.1 Å². The van der Waals surface area contributed by atoms with Gasteiger partial charge in [-0.15, -0.1) is 11.8 Å². The van der Waals surface area contributed by atoms with Crippen molar-refractivity contribution in [1.29, 1.82) is 0 Å². The Morgan fingerprint density at radius 1 is 1.16 bits per heavy atom. The highest BCUT2D eigenvalue weighted by molar-refractivity contribution is 9.10. The summed E-state index contributed by atoms with van der Waals surface area (Å²) in [5.74, 6) is 1.58. The zero-order chi connectivity index (χ0) is 13.2.